The Balaban J connectivity index is 1.65. The van der Waals surface area contributed by atoms with Crippen LogP contribution in [0, 0.1) is 6.92 Å². The molecular weight excluding hydrogens is 455 g/mol. The molecule has 0 saturated carbocycles. The fraction of sp³-hybridized carbons (Fsp3) is 0.174. The second-order valence-corrected chi connectivity index (χ2v) is 10.1. The zero-order valence-electron chi connectivity index (χ0n) is 16.7. The summed E-state index contributed by atoms with van der Waals surface area (Å²) >= 11 is 11.9. The van der Waals surface area contributed by atoms with Crippen LogP contribution >= 0.6 is 23.2 Å². The Kier molecular flexibility index (Phi) is 5.97. The van der Waals surface area contributed by atoms with Crippen molar-refractivity contribution in [1.82, 2.24) is 0 Å². The Morgan fingerprint density at radius 1 is 0.968 bits per heavy atom. The molecule has 1 amide bonds. The maximum Gasteiger partial charge on any atom is 0.264 e. The predicted octanol–water partition coefficient (Wildman–Crippen LogP) is 5.70. The topological polar surface area (TPSA) is 66.5 Å². The van der Waals surface area contributed by atoms with E-state index in [1.807, 2.05) is 13.0 Å². The minimum absolute atomic E-state index is 0.246. The van der Waals surface area contributed by atoms with E-state index < -0.39 is 10.0 Å². The van der Waals surface area contributed by atoms with Crippen LogP contribution in [0.3, 0.4) is 0 Å². The van der Waals surface area contributed by atoms with Gasteiger partial charge in [0, 0.05) is 17.8 Å². The van der Waals surface area contributed by atoms with Gasteiger partial charge in [-0.1, -0.05) is 47.0 Å². The van der Waals surface area contributed by atoms with Crippen LogP contribution in [0.5, 0.6) is 0 Å². The van der Waals surface area contributed by atoms with Crippen molar-refractivity contribution in [3.63, 3.8) is 0 Å². The molecule has 0 fully saturated rings. The average Bonchev–Trinajstić information content (AvgIpc) is 2.75. The van der Waals surface area contributed by atoms with Gasteiger partial charge in [-0.05, 0) is 67.8 Å². The van der Waals surface area contributed by atoms with Gasteiger partial charge in [-0.3, -0.25) is 9.10 Å². The molecule has 3 aromatic rings. The van der Waals surface area contributed by atoms with Crippen molar-refractivity contribution in [1.29, 1.82) is 0 Å². The molecule has 1 aliphatic rings. The van der Waals surface area contributed by atoms with Gasteiger partial charge in [0.2, 0.25) is 0 Å². The van der Waals surface area contributed by atoms with Gasteiger partial charge in [-0.2, -0.15) is 0 Å². The summed E-state index contributed by atoms with van der Waals surface area (Å²) in [6, 6.07) is 16.8. The maximum atomic E-state index is 13.3. The Bertz CT molecular complexity index is 1260. The van der Waals surface area contributed by atoms with Crippen molar-refractivity contribution in [2.45, 2.75) is 24.7 Å². The lowest BCUT2D eigenvalue weighted by Crippen LogP contribution is -2.35. The zero-order chi connectivity index (χ0) is 22.2. The van der Waals surface area contributed by atoms with Crippen molar-refractivity contribution in [3.8, 4) is 0 Å². The van der Waals surface area contributed by atoms with E-state index in [0.29, 0.717) is 28.5 Å². The summed E-state index contributed by atoms with van der Waals surface area (Å²) < 4.78 is 28.0. The molecule has 0 saturated heterocycles. The van der Waals surface area contributed by atoms with E-state index >= 15 is 0 Å². The highest BCUT2D eigenvalue weighted by atomic mass is 35.5. The normalized spacial score (nSPS) is 13.6. The average molecular weight is 475 g/mol. The highest BCUT2D eigenvalue weighted by molar-refractivity contribution is 7.92. The number of sulfonamides is 1. The fourth-order valence-corrected chi connectivity index (χ4v) is 5.38. The SMILES string of the molecule is Cc1ccc(S(=O)(=O)N2CCCc3ccc(NC(=O)c4ccc(Cl)c(Cl)c4)cc32)cc1. The van der Waals surface area contributed by atoms with Crippen molar-refractivity contribution in [2.75, 3.05) is 16.2 Å². The van der Waals surface area contributed by atoms with Crippen LogP contribution in [0.2, 0.25) is 10.0 Å². The summed E-state index contributed by atoms with van der Waals surface area (Å²) in [7, 11) is -3.71. The van der Waals surface area contributed by atoms with Gasteiger partial charge >= 0.3 is 0 Å². The number of carbonyl (C=O) groups excluding carboxylic acids is 1. The summed E-state index contributed by atoms with van der Waals surface area (Å²) in [5.74, 6) is -0.359. The third-order valence-electron chi connectivity index (χ3n) is 5.21. The third-order valence-corrected chi connectivity index (χ3v) is 7.78. The molecule has 160 valence electrons. The zero-order valence-corrected chi connectivity index (χ0v) is 19.1. The number of anilines is 2. The molecule has 0 bridgehead atoms. The molecule has 0 aliphatic carbocycles. The second-order valence-electron chi connectivity index (χ2n) is 7.42. The van der Waals surface area contributed by atoms with E-state index in [9.17, 15) is 13.2 Å². The molecule has 0 unspecified atom stereocenters. The molecule has 1 heterocycles. The number of benzene rings is 3. The number of fused-ring (bicyclic) bond motifs is 1. The van der Waals surface area contributed by atoms with Gasteiger partial charge in [0.05, 0.1) is 20.6 Å². The quantitative estimate of drug-likeness (QED) is 0.527. The van der Waals surface area contributed by atoms with Gasteiger partial charge in [0.15, 0.2) is 0 Å². The fourth-order valence-electron chi connectivity index (χ4n) is 3.55. The van der Waals surface area contributed by atoms with Crippen LogP contribution in [0.15, 0.2) is 65.6 Å². The standard InChI is InChI=1S/C23H20Cl2N2O3S/c1-15-4-9-19(10-5-15)31(29,30)27-12-2-3-16-6-8-18(14-22(16)27)26-23(28)17-7-11-20(24)21(25)13-17/h4-11,13-14H,2-3,12H2,1H3,(H,26,28). The molecule has 1 N–H and O–H groups in total. The smallest absolute Gasteiger partial charge is 0.264 e. The minimum atomic E-state index is -3.71. The van der Waals surface area contributed by atoms with Crippen LogP contribution in [0.1, 0.15) is 27.9 Å². The monoisotopic (exact) mass is 474 g/mol. The molecule has 31 heavy (non-hydrogen) atoms. The van der Waals surface area contributed by atoms with E-state index in [0.717, 1.165) is 24.0 Å². The highest BCUT2D eigenvalue weighted by Crippen LogP contribution is 2.34. The molecule has 8 heteroatoms. The molecule has 0 radical (unpaired) electrons. The second kappa shape index (κ2) is 8.54. The molecule has 0 spiro atoms. The van der Waals surface area contributed by atoms with E-state index in [2.05, 4.69) is 5.32 Å². The highest BCUT2D eigenvalue weighted by Gasteiger charge is 2.29. The maximum absolute atomic E-state index is 13.3. The number of hydrogen-bond acceptors (Lipinski definition) is 3. The first-order valence-corrected chi connectivity index (χ1v) is 11.9. The first kappa shape index (κ1) is 21.7. The lowest BCUT2D eigenvalue weighted by Gasteiger charge is -2.31. The molecule has 4 rings (SSSR count). The number of amides is 1. The van der Waals surface area contributed by atoms with Crippen molar-refractivity contribution < 1.29 is 13.2 Å². The summed E-state index contributed by atoms with van der Waals surface area (Å²) in [5, 5.41) is 3.46. The molecule has 5 nitrogen and oxygen atoms in total. The largest absolute Gasteiger partial charge is 0.322 e. The molecular formula is C23H20Cl2N2O3S. The molecule has 0 aromatic heterocycles. The number of aryl methyl sites for hydroxylation is 2. The van der Waals surface area contributed by atoms with Gasteiger partial charge in [-0.25, -0.2) is 8.42 Å². The summed E-state index contributed by atoms with van der Waals surface area (Å²) in [6.07, 6.45) is 1.50. The van der Waals surface area contributed by atoms with Gasteiger partial charge in [0.1, 0.15) is 0 Å². The Hall–Kier alpha value is -2.54. The Morgan fingerprint density at radius 2 is 1.71 bits per heavy atom. The minimum Gasteiger partial charge on any atom is -0.322 e. The summed E-state index contributed by atoms with van der Waals surface area (Å²) in [6.45, 7) is 2.29. The van der Waals surface area contributed by atoms with E-state index in [4.69, 9.17) is 23.2 Å². The number of hydrogen-bond donors (Lipinski definition) is 1. The first-order valence-electron chi connectivity index (χ1n) is 9.74. The lowest BCUT2D eigenvalue weighted by atomic mass is 10.0. The third kappa shape index (κ3) is 4.42. The number of carbonyl (C=O) groups is 1. The van der Waals surface area contributed by atoms with Crippen molar-refractivity contribution in [3.05, 3.63) is 87.4 Å². The van der Waals surface area contributed by atoms with Gasteiger partial charge in [-0.15, -0.1) is 0 Å². The van der Waals surface area contributed by atoms with Crippen molar-refractivity contribution in [2.24, 2.45) is 0 Å². The van der Waals surface area contributed by atoms with E-state index in [1.165, 1.54) is 10.4 Å². The predicted molar refractivity (Wildman–Crippen MR) is 125 cm³/mol. The van der Waals surface area contributed by atoms with Crippen LogP contribution in [0.25, 0.3) is 0 Å². The van der Waals surface area contributed by atoms with Crippen LogP contribution in [0.4, 0.5) is 11.4 Å². The summed E-state index contributed by atoms with van der Waals surface area (Å²) in [5.41, 5.74) is 3.36. The van der Waals surface area contributed by atoms with E-state index in [1.54, 1.807) is 48.5 Å². The lowest BCUT2D eigenvalue weighted by molar-refractivity contribution is 0.102. The number of nitrogens with one attached hydrogen (secondary N) is 1. The number of nitrogens with zero attached hydrogens (tertiary/aromatic N) is 1. The number of halogens is 2. The van der Waals surface area contributed by atoms with E-state index in [-0.39, 0.29) is 15.8 Å². The van der Waals surface area contributed by atoms with Crippen LogP contribution in [-0.4, -0.2) is 20.9 Å². The molecule has 3 aromatic carbocycles. The van der Waals surface area contributed by atoms with Gasteiger partial charge in [0.25, 0.3) is 15.9 Å². The summed E-state index contributed by atoms with van der Waals surface area (Å²) in [4.78, 5) is 12.9. The Morgan fingerprint density at radius 3 is 2.42 bits per heavy atom. The molecule has 0 atom stereocenters. The van der Waals surface area contributed by atoms with Crippen LogP contribution in [-0.2, 0) is 16.4 Å². The number of rotatable bonds is 4. The first-order chi connectivity index (χ1) is 14.8. The Labute approximate surface area is 191 Å². The van der Waals surface area contributed by atoms with Gasteiger partial charge < -0.3 is 5.32 Å². The molecule has 1 aliphatic heterocycles. The van der Waals surface area contributed by atoms with Crippen LogP contribution < -0.4 is 9.62 Å². The van der Waals surface area contributed by atoms with Crippen molar-refractivity contribution >= 4 is 50.5 Å².